The van der Waals surface area contributed by atoms with Crippen LogP contribution < -0.4 is 9.46 Å². The molecule has 0 spiro atoms. The summed E-state index contributed by atoms with van der Waals surface area (Å²) in [6, 6.07) is 14.0. The molecular formula is C19H16FN3O3S. The number of hydrogen-bond donors (Lipinski definition) is 2. The summed E-state index contributed by atoms with van der Waals surface area (Å²) in [7, 11) is -4.01. The molecule has 0 amide bonds. The monoisotopic (exact) mass is 385 g/mol. The van der Waals surface area contributed by atoms with Crippen LogP contribution in [0.2, 0.25) is 0 Å². The summed E-state index contributed by atoms with van der Waals surface area (Å²) in [6.45, 7) is 2.33. The van der Waals surface area contributed by atoms with Gasteiger partial charge in [0, 0.05) is 11.8 Å². The van der Waals surface area contributed by atoms with Gasteiger partial charge < -0.3 is 9.72 Å². The van der Waals surface area contributed by atoms with Gasteiger partial charge in [-0.05, 0) is 43.3 Å². The molecule has 0 aliphatic heterocycles. The first-order chi connectivity index (χ1) is 12.9. The lowest BCUT2D eigenvalue weighted by Crippen LogP contribution is -2.13. The van der Waals surface area contributed by atoms with E-state index in [9.17, 15) is 12.8 Å². The Morgan fingerprint density at radius 3 is 2.70 bits per heavy atom. The zero-order valence-corrected chi connectivity index (χ0v) is 15.2. The molecule has 0 saturated heterocycles. The SMILES string of the molecule is CCOc1ccccc1-c1cc(S(=O)(=O)Nc2ccc(C#N)cc2F)c[nH]1. The second kappa shape index (κ2) is 7.51. The summed E-state index contributed by atoms with van der Waals surface area (Å²) >= 11 is 0. The maximum atomic E-state index is 14.0. The largest absolute Gasteiger partial charge is 0.493 e. The van der Waals surface area contributed by atoms with Gasteiger partial charge in [0.1, 0.15) is 16.5 Å². The molecule has 0 bridgehead atoms. The fourth-order valence-electron chi connectivity index (χ4n) is 2.53. The van der Waals surface area contributed by atoms with Crippen LogP contribution in [0.5, 0.6) is 5.75 Å². The van der Waals surface area contributed by atoms with Gasteiger partial charge in [0.05, 0.1) is 29.6 Å². The fourth-order valence-corrected chi connectivity index (χ4v) is 3.59. The first-order valence-corrected chi connectivity index (χ1v) is 9.56. The summed E-state index contributed by atoms with van der Waals surface area (Å²) in [5.74, 6) is -0.202. The fraction of sp³-hybridized carbons (Fsp3) is 0.105. The maximum Gasteiger partial charge on any atom is 0.263 e. The van der Waals surface area contributed by atoms with E-state index in [1.165, 1.54) is 24.4 Å². The average Bonchev–Trinajstić information content (AvgIpc) is 3.15. The Balaban J connectivity index is 1.91. The van der Waals surface area contributed by atoms with Gasteiger partial charge in [0.15, 0.2) is 0 Å². The standard InChI is InChI=1S/C19H16FN3O3S/c1-2-26-19-6-4-3-5-15(19)18-10-14(12-22-18)27(24,25)23-17-8-7-13(11-21)9-16(17)20/h3-10,12,22-23H,2H2,1H3. The third-order valence-corrected chi connectivity index (χ3v) is 5.13. The van der Waals surface area contributed by atoms with Gasteiger partial charge in [-0.3, -0.25) is 4.72 Å². The summed E-state index contributed by atoms with van der Waals surface area (Å²) in [4.78, 5) is 2.86. The van der Waals surface area contributed by atoms with Crippen molar-refractivity contribution in [2.45, 2.75) is 11.8 Å². The molecule has 27 heavy (non-hydrogen) atoms. The number of H-pyrrole nitrogens is 1. The smallest absolute Gasteiger partial charge is 0.263 e. The van der Waals surface area contributed by atoms with Crippen molar-refractivity contribution < 1.29 is 17.5 Å². The molecule has 3 aromatic rings. The van der Waals surface area contributed by atoms with Crippen molar-refractivity contribution in [3.63, 3.8) is 0 Å². The van der Waals surface area contributed by atoms with Crippen molar-refractivity contribution in [1.82, 2.24) is 4.98 Å². The third-order valence-electron chi connectivity index (χ3n) is 3.79. The number of hydrogen-bond acceptors (Lipinski definition) is 4. The topological polar surface area (TPSA) is 95.0 Å². The van der Waals surface area contributed by atoms with Crippen LogP contribution in [0.4, 0.5) is 10.1 Å². The van der Waals surface area contributed by atoms with E-state index in [2.05, 4.69) is 9.71 Å². The van der Waals surface area contributed by atoms with E-state index in [0.29, 0.717) is 23.6 Å². The van der Waals surface area contributed by atoms with E-state index in [-0.39, 0.29) is 16.1 Å². The molecule has 0 saturated carbocycles. The number of benzene rings is 2. The molecule has 1 heterocycles. The number of rotatable bonds is 6. The van der Waals surface area contributed by atoms with Crippen molar-refractivity contribution in [1.29, 1.82) is 5.26 Å². The van der Waals surface area contributed by atoms with Gasteiger partial charge >= 0.3 is 0 Å². The number of aromatic nitrogens is 1. The molecule has 0 fully saturated rings. The van der Waals surface area contributed by atoms with Crippen LogP contribution >= 0.6 is 0 Å². The number of para-hydroxylation sites is 1. The number of nitrogens with one attached hydrogen (secondary N) is 2. The minimum atomic E-state index is -4.01. The number of sulfonamides is 1. The number of anilines is 1. The summed E-state index contributed by atoms with van der Waals surface area (Å²) in [5, 5.41) is 8.77. The second-order valence-electron chi connectivity index (χ2n) is 5.59. The van der Waals surface area contributed by atoms with Crippen molar-refractivity contribution in [3.8, 4) is 23.1 Å². The van der Waals surface area contributed by atoms with Crippen molar-refractivity contribution in [2.75, 3.05) is 11.3 Å². The molecule has 3 rings (SSSR count). The number of halogens is 1. The molecule has 138 valence electrons. The number of aromatic amines is 1. The second-order valence-corrected chi connectivity index (χ2v) is 7.27. The van der Waals surface area contributed by atoms with Gasteiger partial charge in [-0.25, -0.2) is 12.8 Å². The Morgan fingerprint density at radius 2 is 2.00 bits per heavy atom. The van der Waals surface area contributed by atoms with E-state index >= 15 is 0 Å². The van der Waals surface area contributed by atoms with Crippen molar-refractivity contribution >= 4 is 15.7 Å². The van der Waals surface area contributed by atoms with E-state index in [0.717, 1.165) is 6.07 Å². The normalized spacial score (nSPS) is 11.0. The molecule has 8 heteroatoms. The lowest BCUT2D eigenvalue weighted by Gasteiger charge is -2.08. The van der Waals surface area contributed by atoms with Crippen molar-refractivity contribution in [2.24, 2.45) is 0 Å². The summed E-state index contributed by atoms with van der Waals surface area (Å²) < 4.78 is 46.9. The number of nitrogens with zero attached hydrogens (tertiary/aromatic N) is 1. The first kappa shape index (κ1) is 18.5. The van der Waals surface area contributed by atoms with Crippen LogP contribution in [0.25, 0.3) is 11.3 Å². The quantitative estimate of drug-likeness (QED) is 0.673. The third kappa shape index (κ3) is 3.93. The lowest BCUT2D eigenvalue weighted by atomic mass is 10.1. The van der Waals surface area contributed by atoms with Gasteiger partial charge in [-0.2, -0.15) is 5.26 Å². The van der Waals surface area contributed by atoms with Crippen LogP contribution in [0.15, 0.2) is 59.6 Å². The van der Waals surface area contributed by atoms with Gasteiger partial charge in [0.25, 0.3) is 10.0 Å². The van der Waals surface area contributed by atoms with Crippen molar-refractivity contribution in [3.05, 3.63) is 66.1 Å². The highest BCUT2D eigenvalue weighted by Crippen LogP contribution is 2.31. The molecule has 6 nitrogen and oxygen atoms in total. The zero-order chi connectivity index (χ0) is 19.4. The molecule has 0 aliphatic carbocycles. The Labute approximate surface area is 156 Å². The highest BCUT2D eigenvalue weighted by molar-refractivity contribution is 7.92. The highest BCUT2D eigenvalue weighted by atomic mass is 32.2. The zero-order valence-electron chi connectivity index (χ0n) is 14.4. The maximum absolute atomic E-state index is 14.0. The lowest BCUT2D eigenvalue weighted by molar-refractivity contribution is 0.341. The molecule has 0 atom stereocenters. The minimum absolute atomic E-state index is 0.0486. The van der Waals surface area contributed by atoms with Crippen LogP contribution in [0.1, 0.15) is 12.5 Å². The molecule has 0 unspecified atom stereocenters. The highest BCUT2D eigenvalue weighted by Gasteiger charge is 2.19. The van der Waals surface area contributed by atoms with Crippen LogP contribution in [0.3, 0.4) is 0 Å². The summed E-state index contributed by atoms with van der Waals surface area (Å²) in [5.41, 5.74) is 1.14. The average molecular weight is 385 g/mol. The Morgan fingerprint density at radius 1 is 1.22 bits per heavy atom. The number of nitriles is 1. The van der Waals surface area contributed by atoms with Gasteiger partial charge in [0.2, 0.25) is 0 Å². The van der Waals surface area contributed by atoms with E-state index < -0.39 is 15.8 Å². The predicted molar refractivity (Wildman–Crippen MR) is 99.3 cm³/mol. The van der Waals surface area contributed by atoms with Gasteiger partial charge in [-0.1, -0.05) is 12.1 Å². The molecule has 2 N–H and O–H groups in total. The van der Waals surface area contributed by atoms with E-state index in [1.54, 1.807) is 18.2 Å². The molecule has 0 radical (unpaired) electrons. The Kier molecular flexibility index (Phi) is 5.14. The number of ether oxygens (including phenoxy) is 1. The Hall–Kier alpha value is -3.31. The Bertz CT molecular complexity index is 1120. The molecule has 2 aromatic carbocycles. The molecule has 0 aliphatic rings. The predicted octanol–water partition coefficient (Wildman–Crippen LogP) is 3.89. The minimum Gasteiger partial charge on any atom is -0.493 e. The van der Waals surface area contributed by atoms with Crippen LogP contribution in [-0.4, -0.2) is 20.0 Å². The van der Waals surface area contributed by atoms with E-state index in [4.69, 9.17) is 10.00 Å². The molecule has 1 aromatic heterocycles. The van der Waals surface area contributed by atoms with Gasteiger partial charge in [-0.15, -0.1) is 0 Å². The van der Waals surface area contributed by atoms with E-state index in [1.807, 2.05) is 19.1 Å². The van der Waals surface area contributed by atoms with Crippen LogP contribution in [-0.2, 0) is 10.0 Å². The first-order valence-electron chi connectivity index (χ1n) is 8.07. The summed E-state index contributed by atoms with van der Waals surface area (Å²) in [6.07, 6.45) is 1.32. The molecular weight excluding hydrogens is 369 g/mol. The van der Waals surface area contributed by atoms with Crippen LogP contribution in [0, 0.1) is 17.1 Å².